The molecule has 2 rings (SSSR count). The lowest BCUT2D eigenvalue weighted by Crippen LogP contribution is -2.31. The molecule has 0 saturated heterocycles. The Labute approximate surface area is 112 Å². The van der Waals surface area contributed by atoms with Crippen molar-refractivity contribution in [2.75, 3.05) is 4.72 Å². The fourth-order valence-corrected chi connectivity index (χ4v) is 3.98. The first kappa shape index (κ1) is 13.9. The molecule has 0 atom stereocenters. The molecule has 106 valence electrons. The fourth-order valence-electron chi connectivity index (χ4n) is 2.35. The maximum atomic E-state index is 12.3. The highest BCUT2D eigenvalue weighted by Gasteiger charge is 2.29. The van der Waals surface area contributed by atoms with E-state index in [0.29, 0.717) is 18.4 Å². The smallest absolute Gasteiger partial charge is 0.236 e. The Kier molecular flexibility index (Phi) is 3.79. The van der Waals surface area contributed by atoms with Crippen molar-refractivity contribution in [3.8, 4) is 0 Å². The number of nitrogens with one attached hydrogen (secondary N) is 2. The monoisotopic (exact) mass is 285 g/mol. The summed E-state index contributed by atoms with van der Waals surface area (Å²) >= 11 is 0. The molecular formula is C11H19N5O2S. The Balaban J connectivity index is 2.24. The van der Waals surface area contributed by atoms with E-state index in [1.54, 1.807) is 7.05 Å². The van der Waals surface area contributed by atoms with Gasteiger partial charge in [0.2, 0.25) is 10.0 Å². The lowest BCUT2D eigenvalue weighted by molar-refractivity contribution is 0.486. The highest BCUT2D eigenvalue weighted by molar-refractivity contribution is 7.93. The number of nitrogens with two attached hydrogens (primary N) is 1. The second-order valence-corrected chi connectivity index (χ2v) is 6.81. The molecule has 1 heterocycles. The molecule has 1 aromatic rings. The van der Waals surface area contributed by atoms with Gasteiger partial charge >= 0.3 is 0 Å². The van der Waals surface area contributed by atoms with Gasteiger partial charge in [-0.1, -0.05) is 19.3 Å². The number of aromatic nitrogens is 2. The van der Waals surface area contributed by atoms with Gasteiger partial charge in [-0.25, -0.2) is 8.42 Å². The van der Waals surface area contributed by atoms with Crippen LogP contribution < -0.4 is 10.5 Å². The van der Waals surface area contributed by atoms with Crippen LogP contribution in [0, 0.1) is 5.41 Å². The Morgan fingerprint density at radius 1 is 1.47 bits per heavy atom. The van der Waals surface area contributed by atoms with Crippen molar-refractivity contribution in [3.05, 3.63) is 11.8 Å². The van der Waals surface area contributed by atoms with Crippen molar-refractivity contribution < 1.29 is 8.42 Å². The average molecular weight is 285 g/mol. The third-order valence-corrected chi connectivity index (χ3v) is 5.29. The number of nitrogens with zero attached hydrogens (tertiary/aromatic N) is 2. The van der Waals surface area contributed by atoms with Crippen molar-refractivity contribution >= 4 is 21.7 Å². The molecule has 0 spiro atoms. The van der Waals surface area contributed by atoms with Gasteiger partial charge < -0.3 is 5.73 Å². The molecule has 1 aliphatic rings. The Morgan fingerprint density at radius 3 is 2.68 bits per heavy atom. The van der Waals surface area contributed by atoms with Crippen molar-refractivity contribution in [2.24, 2.45) is 12.8 Å². The first-order valence-electron chi connectivity index (χ1n) is 6.30. The number of hydrogen-bond donors (Lipinski definition) is 3. The van der Waals surface area contributed by atoms with Crippen LogP contribution in [0.15, 0.2) is 6.20 Å². The second-order valence-electron chi connectivity index (χ2n) is 4.85. The number of sulfonamides is 1. The van der Waals surface area contributed by atoms with Crippen LogP contribution in [0.5, 0.6) is 0 Å². The summed E-state index contributed by atoms with van der Waals surface area (Å²) in [6.07, 6.45) is 5.73. The Morgan fingerprint density at radius 2 is 2.11 bits per heavy atom. The zero-order chi connectivity index (χ0) is 14.0. The van der Waals surface area contributed by atoms with Crippen molar-refractivity contribution in [3.63, 3.8) is 0 Å². The van der Waals surface area contributed by atoms with Gasteiger partial charge in [-0.15, -0.1) is 0 Å². The molecule has 1 fully saturated rings. The third-order valence-electron chi connectivity index (χ3n) is 3.46. The van der Waals surface area contributed by atoms with Crippen LogP contribution >= 0.6 is 0 Å². The number of amidine groups is 1. The third kappa shape index (κ3) is 2.89. The highest BCUT2D eigenvalue weighted by Crippen LogP contribution is 2.26. The van der Waals surface area contributed by atoms with E-state index in [1.807, 2.05) is 0 Å². The molecule has 0 amide bonds. The Hall–Kier alpha value is -1.57. The summed E-state index contributed by atoms with van der Waals surface area (Å²) in [4.78, 5) is 0. The predicted molar refractivity (Wildman–Crippen MR) is 73.6 cm³/mol. The predicted octanol–water partition coefficient (Wildman–Crippen LogP) is 0.779. The van der Waals surface area contributed by atoms with Crippen LogP contribution in [-0.4, -0.2) is 29.3 Å². The molecule has 19 heavy (non-hydrogen) atoms. The summed E-state index contributed by atoms with van der Waals surface area (Å²) in [5.41, 5.74) is 5.73. The van der Waals surface area contributed by atoms with Gasteiger partial charge in [0.25, 0.3) is 0 Å². The fraction of sp³-hybridized carbons (Fsp3) is 0.636. The molecule has 7 nitrogen and oxygen atoms in total. The highest BCUT2D eigenvalue weighted by atomic mass is 32.2. The summed E-state index contributed by atoms with van der Waals surface area (Å²) in [5, 5.41) is 11.0. The minimum atomic E-state index is -3.45. The molecule has 1 saturated carbocycles. The van der Waals surface area contributed by atoms with Crippen LogP contribution in [0.4, 0.5) is 5.82 Å². The van der Waals surface area contributed by atoms with Crippen LogP contribution in [0.1, 0.15) is 37.7 Å². The molecule has 0 aliphatic heterocycles. The lowest BCUT2D eigenvalue weighted by Gasteiger charge is -2.22. The van der Waals surface area contributed by atoms with Gasteiger partial charge in [-0.2, -0.15) is 5.10 Å². The van der Waals surface area contributed by atoms with Gasteiger partial charge in [-0.05, 0) is 12.8 Å². The molecule has 0 bridgehead atoms. The van der Waals surface area contributed by atoms with Crippen LogP contribution in [0.2, 0.25) is 0 Å². The minimum Gasteiger partial charge on any atom is -0.384 e. The van der Waals surface area contributed by atoms with Gasteiger partial charge in [0, 0.05) is 7.05 Å². The molecule has 0 aromatic carbocycles. The summed E-state index contributed by atoms with van der Waals surface area (Å²) < 4.78 is 28.6. The molecule has 0 unspecified atom stereocenters. The first-order valence-corrected chi connectivity index (χ1v) is 7.84. The van der Waals surface area contributed by atoms with E-state index in [4.69, 9.17) is 11.1 Å². The molecule has 1 aromatic heterocycles. The SMILES string of the molecule is Cn1ncc(C(=N)N)c1NS(=O)(=O)C1CCCCC1. The van der Waals surface area contributed by atoms with Crippen LogP contribution in [0.25, 0.3) is 0 Å². The van der Waals surface area contributed by atoms with E-state index < -0.39 is 10.0 Å². The van der Waals surface area contributed by atoms with Crippen LogP contribution in [0.3, 0.4) is 0 Å². The maximum absolute atomic E-state index is 12.3. The van der Waals surface area contributed by atoms with E-state index in [-0.39, 0.29) is 16.9 Å². The van der Waals surface area contributed by atoms with Gasteiger partial charge in [0.05, 0.1) is 17.0 Å². The average Bonchev–Trinajstić information content (AvgIpc) is 2.72. The number of rotatable bonds is 4. The lowest BCUT2D eigenvalue weighted by atomic mass is 10.0. The van der Waals surface area contributed by atoms with Crippen molar-refractivity contribution in [2.45, 2.75) is 37.4 Å². The van der Waals surface area contributed by atoms with E-state index in [2.05, 4.69) is 9.82 Å². The van der Waals surface area contributed by atoms with E-state index in [9.17, 15) is 8.42 Å². The van der Waals surface area contributed by atoms with E-state index in [1.165, 1.54) is 10.9 Å². The second kappa shape index (κ2) is 5.20. The zero-order valence-corrected chi connectivity index (χ0v) is 11.7. The maximum Gasteiger partial charge on any atom is 0.236 e. The van der Waals surface area contributed by atoms with E-state index >= 15 is 0 Å². The summed E-state index contributed by atoms with van der Waals surface area (Å²) in [5.74, 6) is 0.0625. The summed E-state index contributed by atoms with van der Waals surface area (Å²) in [7, 11) is -1.83. The topological polar surface area (TPSA) is 114 Å². The van der Waals surface area contributed by atoms with Gasteiger partial charge in [0.1, 0.15) is 11.7 Å². The number of nitrogen functional groups attached to an aromatic ring is 1. The zero-order valence-electron chi connectivity index (χ0n) is 10.9. The summed E-state index contributed by atoms with van der Waals surface area (Å²) in [6.45, 7) is 0. The van der Waals surface area contributed by atoms with Crippen LogP contribution in [-0.2, 0) is 17.1 Å². The minimum absolute atomic E-state index is 0.200. The quantitative estimate of drug-likeness (QED) is 0.560. The van der Waals surface area contributed by atoms with Crippen molar-refractivity contribution in [1.29, 1.82) is 5.41 Å². The molecular weight excluding hydrogens is 266 g/mol. The molecule has 0 radical (unpaired) electrons. The van der Waals surface area contributed by atoms with Gasteiger partial charge in [-0.3, -0.25) is 14.8 Å². The summed E-state index contributed by atoms with van der Waals surface area (Å²) in [6, 6.07) is 0. The molecule has 8 heteroatoms. The van der Waals surface area contributed by atoms with E-state index in [0.717, 1.165) is 19.3 Å². The standard InChI is InChI=1S/C11H19N5O2S/c1-16-11(9(7-14-16)10(12)13)15-19(17,18)8-5-3-2-4-6-8/h7-8,15H,2-6H2,1H3,(H3,12,13). The number of aryl methyl sites for hydroxylation is 1. The Bertz CT molecular complexity index is 572. The largest absolute Gasteiger partial charge is 0.384 e. The van der Waals surface area contributed by atoms with Crippen molar-refractivity contribution in [1.82, 2.24) is 9.78 Å². The first-order chi connectivity index (χ1) is 8.92. The molecule has 4 N–H and O–H groups in total. The molecule has 1 aliphatic carbocycles. The number of hydrogen-bond acceptors (Lipinski definition) is 4. The van der Waals surface area contributed by atoms with Gasteiger partial charge in [0.15, 0.2) is 0 Å². The normalized spacial score (nSPS) is 17.3. The number of anilines is 1.